The van der Waals surface area contributed by atoms with E-state index < -0.39 is 9.85 Å². The highest BCUT2D eigenvalue weighted by atomic mass is 16.6. The summed E-state index contributed by atoms with van der Waals surface area (Å²) in [6.45, 7) is 0. The van der Waals surface area contributed by atoms with Gasteiger partial charge in [0, 0.05) is 35.4 Å². The summed E-state index contributed by atoms with van der Waals surface area (Å²) < 4.78 is 11.7. The van der Waals surface area contributed by atoms with E-state index in [9.17, 15) is 20.2 Å². The quantitative estimate of drug-likeness (QED) is 0.312. The average molecular weight is 390 g/mol. The van der Waals surface area contributed by atoms with Crippen LogP contribution in [0.2, 0.25) is 0 Å². The van der Waals surface area contributed by atoms with Crippen LogP contribution in [-0.2, 0) is 6.42 Å². The topological polar surface area (TPSA) is 113 Å². The zero-order valence-electron chi connectivity index (χ0n) is 15.0. The molecule has 0 saturated carbocycles. The highest BCUT2D eigenvalue weighted by Gasteiger charge is 2.12. The number of hydrogen-bond donors (Lipinski definition) is 0. The molecular weight excluding hydrogens is 376 g/mol. The third-order valence-corrected chi connectivity index (χ3v) is 4.40. The van der Waals surface area contributed by atoms with E-state index in [0.717, 1.165) is 11.1 Å². The molecule has 0 aliphatic carbocycles. The molecule has 0 fully saturated rings. The minimum Gasteiger partial charge on any atom is -0.461 e. The van der Waals surface area contributed by atoms with E-state index in [4.69, 9.17) is 8.83 Å². The lowest BCUT2D eigenvalue weighted by Gasteiger charge is -1.98. The number of nitro groups is 2. The highest BCUT2D eigenvalue weighted by molar-refractivity contribution is 5.60. The molecule has 2 aromatic heterocycles. The molecule has 8 nitrogen and oxygen atoms in total. The van der Waals surface area contributed by atoms with E-state index in [0.29, 0.717) is 29.5 Å². The van der Waals surface area contributed by atoms with E-state index >= 15 is 0 Å². The smallest absolute Gasteiger partial charge is 0.269 e. The first-order valence-corrected chi connectivity index (χ1v) is 8.67. The van der Waals surface area contributed by atoms with Gasteiger partial charge in [-0.2, -0.15) is 0 Å². The van der Waals surface area contributed by atoms with Crippen LogP contribution < -0.4 is 0 Å². The van der Waals surface area contributed by atoms with Crippen molar-refractivity contribution in [3.63, 3.8) is 0 Å². The van der Waals surface area contributed by atoms with Crippen LogP contribution in [0.15, 0.2) is 81.6 Å². The fourth-order valence-electron chi connectivity index (χ4n) is 2.92. The van der Waals surface area contributed by atoms with Gasteiger partial charge in [0.05, 0.1) is 16.3 Å². The standard InChI is InChI=1S/C21H14N2O6/c24-22(25)16-5-1-14(2-6-16)20-11-9-18(28-20)13-19-10-12-21(29-19)15-3-7-17(8-4-15)23(26)27/h1-12H,13H2. The maximum atomic E-state index is 10.7. The maximum absolute atomic E-state index is 10.7. The predicted octanol–water partition coefficient (Wildman–Crippen LogP) is 5.61. The van der Waals surface area contributed by atoms with Crippen molar-refractivity contribution in [2.45, 2.75) is 6.42 Å². The molecule has 4 rings (SSSR count). The molecule has 0 N–H and O–H groups in total. The lowest BCUT2D eigenvalue weighted by Crippen LogP contribution is -1.86. The summed E-state index contributed by atoms with van der Waals surface area (Å²) in [4.78, 5) is 20.6. The summed E-state index contributed by atoms with van der Waals surface area (Å²) in [6.07, 6.45) is 0.431. The van der Waals surface area contributed by atoms with E-state index in [-0.39, 0.29) is 11.4 Å². The number of non-ortho nitro benzene ring substituents is 2. The Labute approximate surface area is 164 Å². The van der Waals surface area contributed by atoms with Gasteiger partial charge in [0.15, 0.2) is 0 Å². The van der Waals surface area contributed by atoms with Crippen LogP contribution in [0, 0.1) is 20.2 Å². The molecule has 2 heterocycles. The molecule has 0 aliphatic rings. The largest absolute Gasteiger partial charge is 0.461 e. The Kier molecular flexibility index (Phi) is 4.66. The second kappa shape index (κ2) is 7.43. The van der Waals surface area contributed by atoms with Crippen molar-refractivity contribution in [2.75, 3.05) is 0 Å². The van der Waals surface area contributed by atoms with Crippen molar-refractivity contribution in [2.24, 2.45) is 0 Å². The highest BCUT2D eigenvalue weighted by Crippen LogP contribution is 2.28. The molecule has 0 saturated heterocycles. The molecule has 0 spiro atoms. The minimum atomic E-state index is -0.448. The molecule has 0 amide bonds. The number of benzene rings is 2. The summed E-state index contributed by atoms with van der Waals surface area (Å²) in [5, 5.41) is 21.5. The van der Waals surface area contributed by atoms with Crippen LogP contribution >= 0.6 is 0 Å². The van der Waals surface area contributed by atoms with Gasteiger partial charge in [0.25, 0.3) is 11.4 Å². The number of rotatable bonds is 6. The van der Waals surface area contributed by atoms with Gasteiger partial charge < -0.3 is 8.83 Å². The van der Waals surface area contributed by atoms with Crippen molar-refractivity contribution in [3.05, 3.63) is 105 Å². The maximum Gasteiger partial charge on any atom is 0.269 e. The number of furan rings is 2. The van der Waals surface area contributed by atoms with Gasteiger partial charge in [-0.3, -0.25) is 20.2 Å². The molecule has 4 aromatic rings. The third kappa shape index (κ3) is 3.91. The Bertz CT molecular complexity index is 1080. The molecule has 29 heavy (non-hydrogen) atoms. The molecular formula is C21H14N2O6. The Hall–Kier alpha value is -4.20. The zero-order valence-corrected chi connectivity index (χ0v) is 15.0. The first-order valence-electron chi connectivity index (χ1n) is 8.67. The molecule has 2 aromatic carbocycles. The predicted molar refractivity (Wildman–Crippen MR) is 104 cm³/mol. The summed E-state index contributed by atoms with van der Waals surface area (Å²) in [6, 6.07) is 19.5. The van der Waals surface area contributed by atoms with Gasteiger partial charge in [0.2, 0.25) is 0 Å². The van der Waals surface area contributed by atoms with Crippen LogP contribution in [0.1, 0.15) is 11.5 Å². The van der Waals surface area contributed by atoms with Crippen LogP contribution in [-0.4, -0.2) is 9.85 Å². The van der Waals surface area contributed by atoms with Crippen molar-refractivity contribution < 1.29 is 18.7 Å². The Balaban J connectivity index is 1.48. The Morgan fingerprint density at radius 1 is 0.586 bits per heavy atom. The van der Waals surface area contributed by atoms with E-state index in [1.807, 2.05) is 12.1 Å². The zero-order chi connectivity index (χ0) is 20.4. The second-order valence-corrected chi connectivity index (χ2v) is 6.32. The molecule has 0 atom stereocenters. The first-order chi connectivity index (χ1) is 14.0. The second-order valence-electron chi connectivity index (χ2n) is 6.32. The van der Waals surface area contributed by atoms with Gasteiger partial charge in [-0.15, -0.1) is 0 Å². The lowest BCUT2D eigenvalue weighted by molar-refractivity contribution is -0.385. The first kappa shape index (κ1) is 18.2. The van der Waals surface area contributed by atoms with Gasteiger partial charge in [-0.05, 0) is 48.5 Å². The van der Waals surface area contributed by atoms with Gasteiger partial charge in [-0.1, -0.05) is 0 Å². The fraction of sp³-hybridized carbons (Fsp3) is 0.0476. The molecule has 0 radical (unpaired) electrons. The van der Waals surface area contributed by atoms with Gasteiger partial charge in [-0.25, -0.2) is 0 Å². The van der Waals surface area contributed by atoms with Crippen LogP contribution in [0.5, 0.6) is 0 Å². The number of hydrogen-bond acceptors (Lipinski definition) is 6. The van der Waals surface area contributed by atoms with Gasteiger partial charge in [0.1, 0.15) is 23.0 Å². The molecule has 0 unspecified atom stereocenters. The molecule has 8 heteroatoms. The summed E-state index contributed by atoms with van der Waals surface area (Å²) in [7, 11) is 0. The SMILES string of the molecule is O=[N+]([O-])c1ccc(-c2ccc(Cc3ccc(-c4ccc([N+](=O)[O-])cc4)o3)o2)cc1. The lowest BCUT2D eigenvalue weighted by atomic mass is 10.1. The Morgan fingerprint density at radius 2 is 0.966 bits per heavy atom. The van der Waals surface area contributed by atoms with E-state index in [1.165, 1.54) is 24.3 Å². The van der Waals surface area contributed by atoms with Crippen molar-refractivity contribution >= 4 is 11.4 Å². The minimum absolute atomic E-state index is 0.0230. The molecule has 144 valence electrons. The number of nitro benzene ring substituents is 2. The van der Waals surface area contributed by atoms with E-state index in [1.54, 1.807) is 36.4 Å². The molecule has 0 bridgehead atoms. The normalized spacial score (nSPS) is 10.8. The van der Waals surface area contributed by atoms with E-state index in [2.05, 4.69) is 0 Å². The summed E-state index contributed by atoms with van der Waals surface area (Å²) in [5.41, 5.74) is 1.53. The molecule has 0 aliphatic heterocycles. The number of nitrogens with zero attached hydrogens (tertiary/aromatic N) is 2. The van der Waals surface area contributed by atoms with Crippen molar-refractivity contribution in [1.29, 1.82) is 0 Å². The van der Waals surface area contributed by atoms with Crippen LogP contribution in [0.3, 0.4) is 0 Å². The summed E-state index contributed by atoms with van der Waals surface area (Å²) >= 11 is 0. The van der Waals surface area contributed by atoms with Gasteiger partial charge >= 0.3 is 0 Å². The van der Waals surface area contributed by atoms with Crippen LogP contribution in [0.4, 0.5) is 11.4 Å². The Morgan fingerprint density at radius 3 is 1.31 bits per heavy atom. The monoisotopic (exact) mass is 390 g/mol. The third-order valence-electron chi connectivity index (χ3n) is 4.40. The average Bonchev–Trinajstić information content (AvgIpc) is 3.38. The fourth-order valence-corrected chi connectivity index (χ4v) is 2.92. The summed E-state index contributed by atoms with van der Waals surface area (Å²) in [5.74, 6) is 2.58. The van der Waals surface area contributed by atoms with Crippen molar-refractivity contribution in [3.8, 4) is 22.6 Å². The van der Waals surface area contributed by atoms with Crippen LogP contribution in [0.25, 0.3) is 22.6 Å². The van der Waals surface area contributed by atoms with Crippen molar-refractivity contribution in [1.82, 2.24) is 0 Å².